The molecule has 1 aromatic heterocycles. The van der Waals surface area contributed by atoms with Crippen LogP contribution in [0.25, 0.3) is 0 Å². The summed E-state index contributed by atoms with van der Waals surface area (Å²) in [6, 6.07) is 6.99. The maximum Gasteiger partial charge on any atom is 0.128 e. The van der Waals surface area contributed by atoms with E-state index < -0.39 is 0 Å². The molecule has 3 nitrogen and oxygen atoms in total. The van der Waals surface area contributed by atoms with Gasteiger partial charge < -0.3 is 5.32 Å². The summed E-state index contributed by atoms with van der Waals surface area (Å²) in [7, 11) is 0. The highest BCUT2D eigenvalue weighted by atomic mass is 19.1. The first kappa shape index (κ1) is 10.7. The monoisotopic (exact) mass is 219 g/mol. The molecule has 0 bridgehead atoms. The van der Waals surface area contributed by atoms with Crippen molar-refractivity contribution in [1.29, 1.82) is 0 Å². The van der Waals surface area contributed by atoms with E-state index in [0.717, 1.165) is 11.4 Å². The maximum atomic E-state index is 13.3. The van der Waals surface area contributed by atoms with Gasteiger partial charge in [0.05, 0.1) is 11.7 Å². The minimum Gasteiger partial charge on any atom is -0.377 e. The van der Waals surface area contributed by atoms with Crippen LogP contribution in [0.4, 0.5) is 10.1 Å². The first-order chi connectivity index (χ1) is 7.68. The zero-order chi connectivity index (χ0) is 11.5. The summed E-state index contributed by atoms with van der Waals surface area (Å²) in [5.41, 5.74) is 2.42. The van der Waals surface area contributed by atoms with Crippen LogP contribution in [0, 0.1) is 12.7 Å². The van der Waals surface area contributed by atoms with E-state index in [1.165, 1.54) is 6.07 Å². The van der Waals surface area contributed by atoms with Gasteiger partial charge in [-0.25, -0.2) is 4.39 Å². The first-order valence-electron chi connectivity index (χ1n) is 5.19. The second kappa shape index (κ2) is 4.35. The Morgan fingerprint density at radius 1 is 1.38 bits per heavy atom. The van der Waals surface area contributed by atoms with Crippen molar-refractivity contribution in [2.45, 2.75) is 19.9 Å². The number of H-pyrrole nitrogens is 1. The number of benzene rings is 1. The number of aromatic nitrogens is 2. The minimum atomic E-state index is -0.193. The Balaban J connectivity index is 2.18. The molecule has 1 atom stereocenters. The van der Waals surface area contributed by atoms with Crippen LogP contribution in [0.1, 0.15) is 24.2 Å². The fraction of sp³-hybridized carbons (Fsp3) is 0.250. The van der Waals surface area contributed by atoms with Gasteiger partial charge >= 0.3 is 0 Å². The van der Waals surface area contributed by atoms with E-state index in [2.05, 4.69) is 15.5 Å². The molecular weight excluding hydrogens is 205 g/mol. The molecule has 1 unspecified atom stereocenters. The molecule has 0 aliphatic carbocycles. The summed E-state index contributed by atoms with van der Waals surface area (Å²) in [5, 5.41) is 10.0. The van der Waals surface area contributed by atoms with E-state index in [9.17, 15) is 4.39 Å². The second-order valence-electron chi connectivity index (χ2n) is 3.79. The number of halogens is 1. The van der Waals surface area contributed by atoms with E-state index in [1.807, 2.05) is 19.1 Å². The van der Waals surface area contributed by atoms with Crippen molar-refractivity contribution in [3.63, 3.8) is 0 Å². The summed E-state index contributed by atoms with van der Waals surface area (Å²) in [4.78, 5) is 0. The molecule has 2 rings (SSSR count). The number of hydrogen-bond donors (Lipinski definition) is 2. The van der Waals surface area contributed by atoms with E-state index in [0.29, 0.717) is 5.56 Å². The van der Waals surface area contributed by atoms with Crippen LogP contribution in [0.15, 0.2) is 30.5 Å². The highest BCUT2D eigenvalue weighted by Gasteiger charge is 2.09. The molecule has 1 heterocycles. The predicted molar refractivity (Wildman–Crippen MR) is 61.8 cm³/mol. The van der Waals surface area contributed by atoms with Crippen LogP contribution in [0.5, 0.6) is 0 Å². The Bertz CT molecular complexity index is 465. The number of hydrogen-bond acceptors (Lipinski definition) is 2. The average molecular weight is 219 g/mol. The molecule has 16 heavy (non-hydrogen) atoms. The zero-order valence-electron chi connectivity index (χ0n) is 9.29. The Hall–Kier alpha value is -1.84. The highest BCUT2D eigenvalue weighted by molar-refractivity contribution is 5.52. The van der Waals surface area contributed by atoms with E-state index >= 15 is 0 Å². The quantitative estimate of drug-likeness (QED) is 0.833. The van der Waals surface area contributed by atoms with Crippen molar-refractivity contribution < 1.29 is 4.39 Å². The summed E-state index contributed by atoms with van der Waals surface area (Å²) in [5.74, 6) is -0.193. The molecule has 0 fully saturated rings. The van der Waals surface area contributed by atoms with Crippen LogP contribution >= 0.6 is 0 Å². The van der Waals surface area contributed by atoms with Crippen LogP contribution in [0.3, 0.4) is 0 Å². The third kappa shape index (κ3) is 2.05. The molecule has 0 saturated carbocycles. The van der Waals surface area contributed by atoms with Gasteiger partial charge in [0.15, 0.2) is 0 Å². The highest BCUT2D eigenvalue weighted by Crippen LogP contribution is 2.22. The Morgan fingerprint density at radius 2 is 2.19 bits per heavy atom. The lowest BCUT2D eigenvalue weighted by Gasteiger charge is -2.15. The van der Waals surface area contributed by atoms with Gasteiger partial charge in [0, 0.05) is 17.4 Å². The molecule has 0 radical (unpaired) electrons. The predicted octanol–water partition coefficient (Wildman–Crippen LogP) is 3.03. The van der Waals surface area contributed by atoms with Crippen molar-refractivity contribution in [3.05, 3.63) is 47.5 Å². The lowest BCUT2D eigenvalue weighted by Crippen LogP contribution is -2.08. The van der Waals surface area contributed by atoms with Gasteiger partial charge in [-0.05, 0) is 32.0 Å². The zero-order valence-corrected chi connectivity index (χ0v) is 9.29. The molecule has 0 saturated heterocycles. The van der Waals surface area contributed by atoms with Gasteiger partial charge in [0.25, 0.3) is 0 Å². The summed E-state index contributed by atoms with van der Waals surface area (Å²) in [6.45, 7) is 3.76. The van der Waals surface area contributed by atoms with Crippen molar-refractivity contribution in [3.8, 4) is 0 Å². The number of rotatable bonds is 3. The van der Waals surface area contributed by atoms with E-state index in [-0.39, 0.29) is 11.9 Å². The second-order valence-corrected chi connectivity index (χ2v) is 3.79. The molecule has 0 spiro atoms. The summed E-state index contributed by atoms with van der Waals surface area (Å²) >= 11 is 0. The minimum absolute atomic E-state index is 0.0722. The molecule has 84 valence electrons. The Kier molecular flexibility index (Phi) is 2.90. The lowest BCUT2D eigenvalue weighted by molar-refractivity contribution is 0.618. The Labute approximate surface area is 93.7 Å². The van der Waals surface area contributed by atoms with Crippen molar-refractivity contribution in [1.82, 2.24) is 10.2 Å². The summed E-state index contributed by atoms with van der Waals surface area (Å²) in [6.07, 6.45) is 1.70. The van der Waals surface area contributed by atoms with Gasteiger partial charge in [-0.3, -0.25) is 5.10 Å². The van der Waals surface area contributed by atoms with Crippen molar-refractivity contribution >= 4 is 5.69 Å². The molecular formula is C12H14FN3. The normalized spacial score (nSPS) is 12.4. The average Bonchev–Trinajstić information content (AvgIpc) is 2.78. The van der Waals surface area contributed by atoms with Crippen LogP contribution in [-0.2, 0) is 0 Å². The lowest BCUT2D eigenvalue weighted by atomic mass is 10.1. The van der Waals surface area contributed by atoms with Gasteiger partial charge in [0.2, 0.25) is 0 Å². The van der Waals surface area contributed by atoms with Crippen molar-refractivity contribution in [2.75, 3.05) is 5.32 Å². The molecule has 1 aromatic carbocycles. The molecule has 0 aliphatic heterocycles. The number of nitrogens with zero attached hydrogens (tertiary/aromatic N) is 1. The van der Waals surface area contributed by atoms with E-state index in [4.69, 9.17) is 0 Å². The largest absolute Gasteiger partial charge is 0.377 e. The molecule has 2 aromatic rings. The maximum absolute atomic E-state index is 13.3. The number of nitrogens with one attached hydrogen (secondary N) is 2. The number of aromatic amines is 1. The van der Waals surface area contributed by atoms with Crippen LogP contribution < -0.4 is 5.32 Å². The van der Waals surface area contributed by atoms with Crippen LogP contribution in [0.2, 0.25) is 0 Å². The van der Waals surface area contributed by atoms with Gasteiger partial charge in [-0.15, -0.1) is 0 Å². The van der Waals surface area contributed by atoms with Crippen molar-refractivity contribution in [2.24, 2.45) is 0 Å². The van der Waals surface area contributed by atoms with Gasteiger partial charge in [0.1, 0.15) is 5.82 Å². The van der Waals surface area contributed by atoms with Gasteiger partial charge in [-0.1, -0.05) is 6.07 Å². The molecule has 4 heteroatoms. The first-order valence-corrected chi connectivity index (χ1v) is 5.19. The number of anilines is 1. The smallest absolute Gasteiger partial charge is 0.128 e. The van der Waals surface area contributed by atoms with E-state index in [1.54, 1.807) is 19.2 Å². The molecule has 0 aliphatic rings. The third-order valence-electron chi connectivity index (χ3n) is 2.63. The van der Waals surface area contributed by atoms with Crippen LogP contribution in [-0.4, -0.2) is 10.2 Å². The fourth-order valence-electron chi connectivity index (χ4n) is 1.58. The summed E-state index contributed by atoms with van der Waals surface area (Å²) < 4.78 is 13.3. The van der Waals surface area contributed by atoms with Gasteiger partial charge in [-0.2, -0.15) is 5.10 Å². The SMILES string of the molecule is Cc1c(F)cccc1NC(C)c1ccn[nH]1. The topological polar surface area (TPSA) is 40.7 Å². The fourth-order valence-corrected chi connectivity index (χ4v) is 1.58. The standard InChI is InChI=1S/C12H14FN3/c1-8-10(13)4-3-5-11(8)15-9(2)12-6-7-14-16-12/h3-7,9,15H,1-2H3,(H,14,16). The molecule has 0 amide bonds. The third-order valence-corrected chi connectivity index (χ3v) is 2.63. The molecule has 2 N–H and O–H groups in total. The Morgan fingerprint density at radius 3 is 2.88 bits per heavy atom.